The summed E-state index contributed by atoms with van der Waals surface area (Å²) >= 11 is 0. The van der Waals surface area contributed by atoms with Gasteiger partial charge in [0, 0.05) is 30.5 Å². The van der Waals surface area contributed by atoms with E-state index in [0.717, 1.165) is 43.3 Å². The van der Waals surface area contributed by atoms with Crippen LogP contribution >= 0.6 is 0 Å². The van der Waals surface area contributed by atoms with E-state index in [4.69, 9.17) is 9.72 Å². The Hall–Kier alpha value is -2.94. The second kappa shape index (κ2) is 8.83. The van der Waals surface area contributed by atoms with Crippen LogP contribution in [0.1, 0.15) is 45.6 Å². The smallest absolute Gasteiger partial charge is 0.330 e. The van der Waals surface area contributed by atoms with Crippen LogP contribution in [0, 0.1) is 5.92 Å². The van der Waals surface area contributed by atoms with Crippen LogP contribution in [0.25, 0.3) is 11.0 Å². The van der Waals surface area contributed by atoms with E-state index in [1.165, 1.54) is 0 Å². The number of carbonyl (C=O) groups is 1. The molecule has 0 aliphatic heterocycles. The molecule has 1 aliphatic rings. The first-order chi connectivity index (χ1) is 14.5. The van der Waals surface area contributed by atoms with Crippen molar-refractivity contribution < 1.29 is 14.6 Å². The monoisotopic (exact) mass is 412 g/mol. The van der Waals surface area contributed by atoms with Crippen molar-refractivity contribution in [1.82, 2.24) is 24.3 Å². The van der Waals surface area contributed by atoms with E-state index >= 15 is 0 Å². The molecule has 4 rings (SSSR count). The Morgan fingerprint density at radius 2 is 2.13 bits per heavy atom. The molecule has 1 aliphatic carbocycles. The fourth-order valence-corrected chi connectivity index (χ4v) is 3.90. The number of nitrogens with zero attached hydrogens (tertiary/aromatic N) is 5. The van der Waals surface area contributed by atoms with Gasteiger partial charge in [0.15, 0.2) is 0 Å². The van der Waals surface area contributed by atoms with Gasteiger partial charge in [0.2, 0.25) is 5.95 Å². The summed E-state index contributed by atoms with van der Waals surface area (Å²) in [5.74, 6) is 0.709. The summed E-state index contributed by atoms with van der Waals surface area (Å²) in [5, 5.41) is 18.1. The number of anilines is 2. The molecule has 1 fully saturated rings. The summed E-state index contributed by atoms with van der Waals surface area (Å²) in [7, 11) is 0. The van der Waals surface area contributed by atoms with Crippen LogP contribution < -0.4 is 5.32 Å². The lowest BCUT2D eigenvalue weighted by molar-refractivity contribution is -0.146. The third kappa shape index (κ3) is 4.46. The highest BCUT2D eigenvalue weighted by molar-refractivity contribution is 5.77. The van der Waals surface area contributed by atoms with Crippen LogP contribution in [0.15, 0.2) is 30.9 Å². The molecule has 3 heterocycles. The second-order valence-corrected chi connectivity index (χ2v) is 7.88. The summed E-state index contributed by atoms with van der Waals surface area (Å²) in [5.41, 5.74) is 1.58. The molecular weight excluding hydrogens is 384 g/mol. The lowest BCUT2D eigenvalue weighted by atomic mass is 9.87. The molecule has 1 atom stereocenters. The number of fused-ring (bicyclic) bond motifs is 1. The molecule has 0 spiro atoms. The number of ether oxygens (including phenoxy) is 1. The lowest BCUT2D eigenvalue weighted by Gasteiger charge is -2.25. The van der Waals surface area contributed by atoms with E-state index in [2.05, 4.69) is 20.0 Å². The van der Waals surface area contributed by atoms with Crippen LogP contribution in [-0.4, -0.2) is 48.1 Å². The van der Waals surface area contributed by atoms with Gasteiger partial charge in [0.05, 0.1) is 24.6 Å². The Balaban J connectivity index is 1.47. The maximum absolute atomic E-state index is 11.9. The highest BCUT2D eigenvalue weighted by atomic mass is 16.5. The number of carbonyl (C=O) groups excluding carboxylic acids is 1. The zero-order chi connectivity index (χ0) is 21.1. The molecule has 1 saturated carbocycles. The minimum absolute atomic E-state index is 0.145. The molecule has 160 valence electrons. The Kier molecular flexibility index (Phi) is 5.98. The predicted molar refractivity (Wildman–Crippen MR) is 112 cm³/mol. The molecule has 30 heavy (non-hydrogen) atoms. The summed E-state index contributed by atoms with van der Waals surface area (Å²) in [6.07, 6.45) is 10.9. The van der Waals surface area contributed by atoms with Crippen LogP contribution in [-0.2, 0) is 16.1 Å². The minimum atomic E-state index is -0.504. The topological polar surface area (TPSA) is 107 Å². The van der Waals surface area contributed by atoms with Crippen LogP contribution in [0.5, 0.6) is 0 Å². The number of aromatic nitrogens is 5. The minimum Gasteiger partial charge on any atom is -0.464 e. The molecule has 0 bridgehead atoms. The van der Waals surface area contributed by atoms with E-state index in [9.17, 15) is 9.90 Å². The lowest BCUT2D eigenvalue weighted by Crippen LogP contribution is -2.21. The highest BCUT2D eigenvalue weighted by Gasteiger charge is 2.21. The molecule has 0 aromatic carbocycles. The number of hydrogen-bond acceptors (Lipinski definition) is 7. The van der Waals surface area contributed by atoms with Crippen molar-refractivity contribution in [3.63, 3.8) is 0 Å². The van der Waals surface area contributed by atoms with Gasteiger partial charge in [-0.15, -0.1) is 0 Å². The molecule has 0 saturated heterocycles. The highest BCUT2D eigenvalue weighted by Crippen LogP contribution is 2.27. The average molecular weight is 412 g/mol. The van der Waals surface area contributed by atoms with Gasteiger partial charge in [-0.2, -0.15) is 10.1 Å². The van der Waals surface area contributed by atoms with Gasteiger partial charge in [-0.3, -0.25) is 4.68 Å². The molecule has 3 aromatic heterocycles. The molecule has 1 unspecified atom stereocenters. The van der Waals surface area contributed by atoms with Crippen molar-refractivity contribution >= 4 is 28.6 Å². The molecule has 2 N–H and O–H groups in total. The van der Waals surface area contributed by atoms with Crippen molar-refractivity contribution in [3.8, 4) is 0 Å². The molecule has 9 heteroatoms. The van der Waals surface area contributed by atoms with E-state index < -0.39 is 6.04 Å². The summed E-state index contributed by atoms with van der Waals surface area (Å²) < 4.78 is 8.76. The number of hydrogen-bond donors (Lipinski definition) is 2. The first kappa shape index (κ1) is 20.3. The van der Waals surface area contributed by atoms with Gasteiger partial charge in [-0.05, 0) is 51.5 Å². The van der Waals surface area contributed by atoms with Crippen LogP contribution in [0.4, 0.5) is 11.6 Å². The summed E-state index contributed by atoms with van der Waals surface area (Å²) in [4.78, 5) is 21.0. The maximum Gasteiger partial charge on any atom is 0.330 e. The first-order valence-electron chi connectivity index (χ1n) is 10.5. The zero-order valence-electron chi connectivity index (χ0n) is 17.4. The summed E-state index contributed by atoms with van der Waals surface area (Å²) in [6.45, 7) is 4.75. The normalized spacial score (nSPS) is 20.2. The third-order valence-electron chi connectivity index (χ3n) is 5.66. The van der Waals surface area contributed by atoms with Crippen molar-refractivity contribution in [2.75, 3.05) is 11.9 Å². The molecular formula is C21H28N6O3. The van der Waals surface area contributed by atoms with E-state index in [0.29, 0.717) is 24.2 Å². The number of nitrogens with one attached hydrogen (secondary N) is 1. The third-order valence-corrected chi connectivity index (χ3v) is 5.66. The van der Waals surface area contributed by atoms with Gasteiger partial charge in [0.25, 0.3) is 0 Å². The quantitative estimate of drug-likeness (QED) is 0.574. The van der Waals surface area contributed by atoms with Gasteiger partial charge in [0.1, 0.15) is 11.7 Å². The number of esters is 1. The molecule has 3 aromatic rings. The molecule has 0 radical (unpaired) electrons. The number of aliphatic hydroxyl groups is 1. The predicted octanol–water partition coefficient (Wildman–Crippen LogP) is 3.05. The number of rotatable bonds is 7. The van der Waals surface area contributed by atoms with Crippen molar-refractivity contribution in [2.24, 2.45) is 5.92 Å². The van der Waals surface area contributed by atoms with E-state index in [1.807, 2.05) is 12.3 Å². The average Bonchev–Trinajstić information content (AvgIpc) is 3.36. The standard InChI is InChI=1S/C21H28N6O3/c1-3-30-20(29)14(2)27-13-17(11-23-27)24-21-22-10-16-8-9-26(19(16)25-21)12-15-4-6-18(28)7-5-15/h8-11,13-15,18,28H,3-7,12H2,1-2H3,(H,22,24,25). The number of aliphatic hydroxyl groups excluding tert-OH is 1. The Labute approximate surface area is 175 Å². The Bertz CT molecular complexity index is 1010. The molecule has 0 amide bonds. The van der Waals surface area contributed by atoms with Crippen molar-refractivity contribution in [1.29, 1.82) is 0 Å². The van der Waals surface area contributed by atoms with Gasteiger partial charge < -0.3 is 19.7 Å². The molecule has 9 nitrogen and oxygen atoms in total. The van der Waals surface area contributed by atoms with Crippen LogP contribution in [0.3, 0.4) is 0 Å². The van der Waals surface area contributed by atoms with Crippen LogP contribution in [0.2, 0.25) is 0 Å². The Morgan fingerprint density at radius 1 is 1.33 bits per heavy atom. The second-order valence-electron chi connectivity index (χ2n) is 7.88. The fraction of sp³-hybridized carbons (Fsp3) is 0.524. The van der Waals surface area contributed by atoms with Gasteiger partial charge in [-0.1, -0.05) is 0 Å². The zero-order valence-corrected chi connectivity index (χ0v) is 17.4. The Morgan fingerprint density at radius 3 is 2.90 bits per heavy atom. The van der Waals surface area contributed by atoms with Gasteiger partial charge >= 0.3 is 5.97 Å². The maximum atomic E-state index is 11.9. The van der Waals surface area contributed by atoms with E-state index in [1.54, 1.807) is 37.1 Å². The summed E-state index contributed by atoms with van der Waals surface area (Å²) in [6, 6.07) is 1.52. The SMILES string of the molecule is CCOC(=O)C(C)n1cc(Nc2ncc3ccn(CC4CCC(O)CC4)c3n2)cn1. The van der Waals surface area contributed by atoms with E-state index in [-0.39, 0.29) is 12.1 Å². The first-order valence-corrected chi connectivity index (χ1v) is 10.5. The van der Waals surface area contributed by atoms with Crippen molar-refractivity contribution in [2.45, 2.75) is 58.2 Å². The fourth-order valence-electron chi connectivity index (χ4n) is 3.90. The largest absolute Gasteiger partial charge is 0.464 e. The van der Waals surface area contributed by atoms with Gasteiger partial charge in [-0.25, -0.2) is 9.78 Å². The van der Waals surface area contributed by atoms with Crippen molar-refractivity contribution in [3.05, 3.63) is 30.9 Å².